The fraction of sp³-hybridized carbons (Fsp3) is 0.500. The minimum absolute atomic E-state index is 0.180. The molecule has 0 aliphatic heterocycles. The van der Waals surface area contributed by atoms with Gasteiger partial charge in [0.15, 0.2) is 0 Å². The molecular formula is C14H22ClN3O3S. The second-order valence-corrected chi connectivity index (χ2v) is 7.72. The molecule has 0 aliphatic carbocycles. The number of nitrogens with one attached hydrogen (secondary N) is 1. The van der Waals surface area contributed by atoms with E-state index in [1.807, 2.05) is 31.1 Å². The lowest BCUT2D eigenvalue weighted by Crippen LogP contribution is -2.42. The molecule has 0 saturated carbocycles. The zero-order valence-electron chi connectivity index (χ0n) is 13.0. The Morgan fingerprint density at radius 2 is 1.77 bits per heavy atom. The quantitative estimate of drug-likeness (QED) is 0.754. The van der Waals surface area contributed by atoms with Crippen LogP contribution in [0, 0.1) is 0 Å². The van der Waals surface area contributed by atoms with Gasteiger partial charge in [0.05, 0.1) is 12.8 Å². The van der Waals surface area contributed by atoms with E-state index in [-0.39, 0.29) is 19.0 Å². The van der Waals surface area contributed by atoms with E-state index in [4.69, 9.17) is 11.6 Å². The van der Waals surface area contributed by atoms with E-state index in [9.17, 15) is 13.2 Å². The van der Waals surface area contributed by atoms with Gasteiger partial charge in [-0.1, -0.05) is 23.7 Å². The van der Waals surface area contributed by atoms with E-state index in [1.54, 1.807) is 12.1 Å². The second kappa shape index (κ2) is 8.47. The van der Waals surface area contributed by atoms with Gasteiger partial charge in [0, 0.05) is 24.7 Å². The summed E-state index contributed by atoms with van der Waals surface area (Å²) in [6.07, 6.45) is 1.11. The molecule has 1 aromatic rings. The molecule has 1 aromatic carbocycles. The number of amides is 1. The maximum atomic E-state index is 11.9. The van der Waals surface area contributed by atoms with Crippen molar-refractivity contribution < 1.29 is 13.2 Å². The summed E-state index contributed by atoms with van der Waals surface area (Å²) in [7, 11) is 0.281. The lowest BCUT2D eigenvalue weighted by molar-refractivity contribution is -0.121. The standard InChI is InChI=1S/C14H22ClN3O3S/c1-17(2)8-9-18(22(3,20)21)11-14(19)16-10-12-4-6-13(15)7-5-12/h4-7H,8-11H2,1-3H3,(H,16,19). The fourth-order valence-corrected chi connectivity index (χ4v) is 2.58. The number of nitrogens with zero attached hydrogens (tertiary/aromatic N) is 2. The Labute approximate surface area is 137 Å². The van der Waals surface area contributed by atoms with Crippen LogP contribution in [-0.4, -0.2) is 63.5 Å². The lowest BCUT2D eigenvalue weighted by Gasteiger charge is -2.21. The van der Waals surface area contributed by atoms with Crippen LogP contribution >= 0.6 is 11.6 Å². The predicted molar refractivity (Wildman–Crippen MR) is 88.3 cm³/mol. The van der Waals surface area contributed by atoms with E-state index >= 15 is 0 Å². The van der Waals surface area contributed by atoms with Crippen LogP contribution in [0.2, 0.25) is 5.02 Å². The fourth-order valence-electron chi connectivity index (χ4n) is 1.69. The highest BCUT2D eigenvalue weighted by Crippen LogP contribution is 2.09. The molecule has 0 fully saturated rings. The molecule has 0 unspecified atom stereocenters. The van der Waals surface area contributed by atoms with Crippen molar-refractivity contribution >= 4 is 27.5 Å². The minimum atomic E-state index is -3.42. The Morgan fingerprint density at radius 3 is 2.27 bits per heavy atom. The summed E-state index contributed by atoms with van der Waals surface area (Å²) in [6.45, 7) is 0.985. The van der Waals surface area contributed by atoms with Crippen LogP contribution in [0.25, 0.3) is 0 Å². The number of benzene rings is 1. The molecule has 1 rings (SSSR count). The number of carbonyl (C=O) groups is 1. The van der Waals surface area contributed by atoms with Gasteiger partial charge in [-0.15, -0.1) is 0 Å². The lowest BCUT2D eigenvalue weighted by atomic mass is 10.2. The highest BCUT2D eigenvalue weighted by Gasteiger charge is 2.19. The molecule has 22 heavy (non-hydrogen) atoms. The summed E-state index contributed by atoms with van der Waals surface area (Å²) in [5.74, 6) is -0.334. The van der Waals surface area contributed by atoms with Crippen LogP contribution in [0.5, 0.6) is 0 Å². The van der Waals surface area contributed by atoms with Gasteiger partial charge >= 0.3 is 0 Å². The molecule has 1 amide bonds. The van der Waals surface area contributed by atoms with E-state index in [0.29, 0.717) is 18.1 Å². The zero-order chi connectivity index (χ0) is 16.8. The summed E-state index contributed by atoms with van der Waals surface area (Å²) < 4.78 is 24.6. The van der Waals surface area contributed by atoms with Crippen LogP contribution in [0.1, 0.15) is 5.56 Å². The third-order valence-electron chi connectivity index (χ3n) is 2.99. The van der Waals surface area contributed by atoms with Crippen molar-refractivity contribution in [2.24, 2.45) is 0 Å². The summed E-state index contributed by atoms with van der Waals surface area (Å²) in [4.78, 5) is 13.8. The van der Waals surface area contributed by atoms with Crippen molar-refractivity contribution in [2.75, 3.05) is 40.0 Å². The number of hydrogen-bond acceptors (Lipinski definition) is 4. The molecule has 0 aromatic heterocycles. The smallest absolute Gasteiger partial charge is 0.235 e. The molecule has 0 spiro atoms. The molecule has 0 atom stereocenters. The number of sulfonamides is 1. The summed E-state index contributed by atoms with van der Waals surface area (Å²) in [5, 5.41) is 3.33. The van der Waals surface area contributed by atoms with Crippen LogP contribution in [-0.2, 0) is 21.4 Å². The van der Waals surface area contributed by atoms with Crippen LogP contribution in [0.4, 0.5) is 0 Å². The molecule has 0 aliphatic rings. The van der Waals surface area contributed by atoms with E-state index in [2.05, 4.69) is 5.32 Å². The normalized spacial score (nSPS) is 11.9. The Bertz CT molecular complexity index is 588. The Kier molecular flexibility index (Phi) is 7.28. The van der Waals surface area contributed by atoms with Gasteiger partial charge < -0.3 is 10.2 Å². The van der Waals surface area contributed by atoms with Crippen molar-refractivity contribution in [1.82, 2.24) is 14.5 Å². The average molecular weight is 348 g/mol. The molecule has 8 heteroatoms. The monoisotopic (exact) mass is 347 g/mol. The van der Waals surface area contributed by atoms with Crippen molar-refractivity contribution in [3.8, 4) is 0 Å². The van der Waals surface area contributed by atoms with Crippen LogP contribution in [0.15, 0.2) is 24.3 Å². The third kappa shape index (κ3) is 7.22. The van der Waals surface area contributed by atoms with Gasteiger partial charge in [0.25, 0.3) is 0 Å². The summed E-state index contributed by atoms with van der Waals surface area (Å²) >= 11 is 5.79. The number of halogens is 1. The number of hydrogen-bond donors (Lipinski definition) is 1. The van der Waals surface area contributed by atoms with Crippen LogP contribution in [0.3, 0.4) is 0 Å². The SMILES string of the molecule is CN(C)CCN(CC(=O)NCc1ccc(Cl)cc1)S(C)(=O)=O. The highest BCUT2D eigenvalue weighted by molar-refractivity contribution is 7.88. The first-order chi connectivity index (χ1) is 10.2. The van der Waals surface area contributed by atoms with Gasteiger partial charge in [0.1, 0.15) is 0 Å². The van der Waals surface area contributed by atoms with Crippen molar-refractivity contribution in [2.45, 2.75) is 6.54 Å². The van der Waals surface area contributed by atoms with Gasteiger partial charge in [0.2, 0.25) is 15.9 Å². The highest BCUT2D eigenvalue weighted by atomic mass is 35.5. The Morgan fingerprint density at radius 1 is 1.18 bits per heavy atom. The largest absolute Gasteiger partial charge is 0.351 e. The molecule has 0 heterocycles. The molecule has 124 valence electrons. The summed E-state index contributed by atoms with van der Waals surface area (Å²) in [5.41, 5.74) is 0.900. The topological polar surface area (TPSA) is 69.7 Å². The van der Waals surface area contributed by atoms with Crippen LogP contribution < -0.4 is 5.32 Å². The number of rotatable bonds is 8. The molecular weight excluding hydrogens is 326 g/mol. The van der Waals surface area contributed by atoms with Crippen molar-refractivity contribution in [3.63, 3.8) is 0 Å². The Hall–Kier alpha value is -1.15. The van der Waals surface area contributed by atoms with E-state index < -0.39 is 10.0 Å². The third-order valence-corrected chi connectivity index (χ3v) is 4.49. The predicted octanol–water partition coefficient (Wildman–Crippen LogP) is 0.779. The van der Waals surface area contributed by atoms with Gasteiger partial charge in [-0.25, -0.2) is 8.42 Å². The summed E-state index contributed by atoms with van der Waals surface area (Å²) in [6, 6.07) is 7.10. The van der Waals surface area contributed by atoms with E-state index in [1.165, 1.54) is 4.31 Å². The maximum Gasteiger partial charge on any atom is 0.235 e. The zero-order valence-corrected chi connectivity index (χ0v) is 14.6. The first-order valence-electron chi connectivity index (χ1n) is 6.79. The van der Waals surface area contributed by atoms with Crippen molar-refractivity contribution in [1.29, 1.82) is 0 Å². The van der Waals surface area contributed by atoms with Gasteiger partial charge in [-0.2, -0.15) is 4.31 Å². The average Bonchev–Trinajstić information content (AvgIpc) is 2.41. The Balaban J connectivity index is 2.54. The number of carbonyl (C=O) groups excluding carboxylic acids is 1. The van der Waals surface area contributed by atoms with Crippen molar-refractivity contribution in [3.05, 3.63) is 34.9 Å². The van der Waals surface area contributed by atoms with E-state index in [0.717, 1.165) is 11.8 Å². The molecule has 1 N–H and O–H groups in total. The number of likely N-dealkylation sites (N-methyl/N-ethyl adjacent to an activating group) is 1. The molecule has 0 radical (unpaired) electrons. The molecule has 0 saturated heterocycles. The first kappa shape index (κ1) is 18.9. The first-order valence-corrected chi connectivity index (χ1v) is 9.02. The second-order valence-electron chi connectivity index (χ2n) is 5.30. The van der Waals surface area contributed by atoms with Gasteiger partial charge in [-0.3, -0.25) is 4.79 Å². The van der Waals surface area contributed by atoms with Gasteiger partial charge in [-0.05, 0) is 31.8 Å². The maximum absolute atomic E-state index is 11.9. The minimum Gasteiger partial charge on any atom is -0.351 e. The molecule has 6 nitrogen and oxygen atoms in total. The molecule has 0 bridgehead atoms.